The fraction of sp³-hybridized carbons (Fsp3) is 0.429. The lowest BCUT2D eigenvalue weighted by Gasteiger charge is -2.25. The summed E-state index contributed by atoms with van der Waals surface area (Å²) in [6, 6.07) is 7.36. The molecule has 0 amide bonds. The van der Waals surface area contributed by atoms with Crippen LogP contribution in [0.15, 0.2) is 24.3 Å². The first-order valence-electron chi connectivity index (χ1n) is 5.71. The highest BCUT2D eigenvalue weighted by Gasteiger charge is 2.25. The third kappa shape index (κ3) is 3.77. The maximum Gasteiger partial charge on any atom is 0.306 e. The number of benzene rings is 1. The summed E-state index contributed by atoms with van der Waals surface area (Å²) in [6.45, 7) is 7.65. The Morgan fingerprint density at radius 3 is 2.41 bits per heavy atom. The van der Waals surface area contributed by atoms with E-state index >= 15 is 0 Å². The minimum absolute atomic E-state index is 0.221. The normalized spacial score (nSPS) is 11.1. The van der Waals surface area contributed by atoms with Gasteiger partial charge in [-0.25, -0.2) is 0 Å². The van der Waals surface area contributed by atoms with Crippen LogP contribution in [0.3, 0.4) is 0 Å². The molecule has 0 bridgehead atoms. The topological polar surface area (TPSA) is 35.5 Å². The molecule has 3 heteroatoms. The predicted octanol–water partition coefficient (Wildman–Crippen LogP) is 3.09. The van der Waals surface area contributed by atoms with Gasteiger partial charge in [0, 0.05) is 6.42 Å². The van der Waals surface area contributed by atoms with Gasteiger partial charge in [-0.1, -0.05) is 19.1 Å². The number of methoxy groups -OCH3 is 1. The highest BCUT2D eigenvalue weighted by molar-refractivity contribution is 5.70. The van der Waals surface area contributed by atoms with Crippen molar-refractivity contribution in [3.63, 3.8) is 0 Å². The Labute approximate surface area is 103 Å². The summed E-state index contributed by atoms with van der Waals surface area (Å²) in [7, 11) is 1.61. The molecular formula is C14H19O3. The van der Waals surface area contributed by atoms with Crippen molar-refractivity contribution in [1.82, 2.24) is 0 Å². The van der Waals surface area contributed by atoms with Gasteiger partial charge in [0.15, 0.2) is 0 Å². The molecule has 3 nitrogen and oxygen atoms in total. The molecule has 0 saturated heterocycles. The van der Waals surface area contributed by atoms with Crippen LogP contribution in [0.4, 0.5) is 0 Å². The Morgan fingerprint density at radius 2 is 1.94 bits per heavy atom. The average Bonchev–Trinajstić information content (AvgIpc) is 2.28. The van der Waals surface area contributed by atoms with E-state index in [0.717, 1.165) is 17.7 Å². The monoisotopic (exact) mass is 235 g/mol. The maximum atomic E-state index is 11.5. The van der Waals surface area contributed by atoms with E-state index in [2.05, 4.69) is 6.92 Å². The Kier molecular flexibility index (Phi) is 4.55. The molecule has 0 aromatic heterocycles. The van der Waals surface area contributed by atoms with Crippen LogP contribution in [0.5, 0.6) is 5.75 Å². The quantitative estimate of drug-likeness (QED) is 0.736. The lowest BCUT2D eigenvalue weighted by Crippen LogP contribution is -2.25. The number of esters is 1. The summed E-state index contributed by atoms with van der Waals surface area (Å²) in [5.74, 6) is 0.547. The molecule has 0 fully saturated rings. The summed E-state index contributed by atoms with van der Waals surface area (Å²) >= 11 is 0. The molecular weight excluding hydrogens is 216 g/mol. The molecule has 0 aliphatic rings. The zero-order valence-corrected chi connectivity index (χ0v) is 10.7. The first-order valence-corrected chi connectivity index (χ1v) is 5.71. The predicted molar refractivity (Wildman–Crippen MR) is 66.7 cm³/mol. The van der Waals surface area contributed by atoms with Gasteiger partial charge < -0.3 is 9.47 Å². The van der Waals surface area contributed by atoms with E-state index in [1.807, 2.05) is 31.2 Å². The van der Waals surface area contributed by atoms with Crippen LogP contribution < -0.4 is 4.74 Å². The van der Waals surface area contributed by atoms with Gasteiger partial charge in [0.05, 0.1) is 7.11 Å². The molecule has 0 saturated carbocycles. The maximum absolute atomic E-state index is 11.5. The van der Waals surface area contributed by atoms with Crippen molar-refractivity contribution in [2.45, 2.75) is 32.3 Å². The van der Waals surface area contributed by atoms with Crippen LogP contribution in [0.2, 0.25) is 0 Å². The summed E-state index contributed by atoms with van der Waals surface area (Å²) in [4.78, 5) is 11.5. The molecule has 1 rings (SSSR count). The van der Waals surface area contributed by atoms with E-state index in [-0.39, 0.29) is 5.97 Å². The Morgan fingerprint density at radius 1 is 1.35 bits per heavy atom. The van der Waals surface area contributed by atoms with Crippen molar-refractivity contribution >= 4 is 5.97 Å². The molecule has 0 N–H and O–H groups in total. The van der Waals surface area contributed by atoms with Gasteiger partial charge in [0.1, 0.15) is 11.4 Å². The van der Waals surface area contributed by atoms with Gasteiger partial charge in [-0.3, -0.25) is 4.79 Å². The van der Waals surface area contributed by atoms with Crippen molar-refractivity contribution in [3.8, 4) is 5.75 Å². The zero-order valence-electron chi connectivity index (χ0n) is 10.7. The molecule has 0 heterocycles. The number of ether oxygens (including phenoxy) is 2. The Bertz CT molecular complexity index is 366. The third-order valence-corrected chi connectivity index (χ3v) is 2.49. The molecule has 1 unspecified atom stereocenters. The van der Waals surface area contributed by atoms with Crippen molar-refractivity contribution in [1.29, 1.82) is 0 Å². The standard InChI is InChI=1S/C14H19O3/c1-5-6-13(15)17-14(2,3)11-7-9-12(16-4)10-8-11/h7-10H,2,5-6H2,1,3-4H3. The number of hydrogen-bond donors (Lipinski definition) is 0. The van der Waals surface area contributed by atoms with E-state index in [1.165, 1.54) is 0 Å². The zero-order chi connectivity index (χ0) is 12.9. The summed E-state index contributed by atoms with van der Waals surface area (Å²) in [5.41, 5.74) is 0.00109. The minimum atomic E-state index is -0.849. The smallest absolute Gasteiger partial charge is 0.306 e. The minimum Gasteiger partial charge on any atom is -0.497 e. The van der Waals surface area contributed by atoms with E-state index in [9.17, 15) is 4.79 Å². The van der Waals surface area contributed by atoms with Crippen LogP contribution in [-0.2, 0) is 15.1 Å². The second-order valence-corrected chi connectivity index (χ2v) is 4.18. The van der Waals surface area contributed by atoms with Gasteiger partial charge in [-0.05, 0) is 38.0 Å². The van der Waals surface area contributed by atoms with Gasteiger partial charge in [0.25, 0.3) is 0 Å². The number of carbonyl (C=O) groups is 1. The van der Waals surface area contributed by atoms with Gasteiger partial charge in [-0.15, -0.1) is 0 Å². The van der Waals surface area contributed by atoms with Crippen LogP contribution >= 0.6 is 0 Å². The molecule has 17 heavy (non-hydrogen) atoms. The Balaban J connectivity index is 2.77. The van der Waals surface area contributed by atoms with Crippen LogP contribution in [-0.4, -0.2) is 13.1 Å². The average molecular weight is 235 g/mol. The fourth-order valence-electron chi connectivity index (χ4n) is 1.51. The van der Waals surface area contributed by atoms with Crippen molar-refractivity contribution in [3.05, 3.63) is 36.8 Å². The number of carbonyl (C=O) groups excluding carboxylic acids is 1. The SMILES string of the molecule is [CH2]C(C)(OC(=O)CCC)c1ccc(OC)cc1. The van der Waals surface area contributed by atoms with Crippen molar-refractivity contribution < 1.29 is 14.3 Å². The summed E-state index contributed by atoms with van der Waals surface area (Å²) in [6.07, 6.45) is 1.19. The number of rotatable bonds is 5. The fourth-order valence-corrected chi connectivity index (χ4v) is 1.51. The van der Waals surface area contributed by atoms with E-state index in [1.54, 1.807) is 14.0 Å². The largest absolute Gasteiger partial charge is 0.497 e. The second kappa shape index (κ2) is 5.71. The van der Waals surface area contributed by atoms with Crippen LogP contribution in [0.25, 0.3) is 0 Å². The lowest BCUT2D eigenvalue weighted by atomic mass is 9.98. The molecule has 1 aromatic rings. The summed E-state index contributed by atoms with van der Waals surface area (Å²) in [5, 5.41) is 0. The third-order valence-electron chi connectivity index (χ3n) is 2.49. The molecule has 93 valence electrons. The number of hydrogen-bond acceptors (Lipinski definition) is 3. The van der Waals surface area contributed by atoms with E-state index < -0.39 is 5.60 Å². The summed E-state index contributed by atoms with van der Waals surface area (Å²) < 4.78 is 10.4. The van der Waals surface area contributed by atoms with Crippen LogP contribution in [0, 0.1) is 6.92 Å². The lowest BCUT2D eigenvalue weighted by molar-refractivity contribution is -0.155. The molecule has 0 aliphatic carbocycles. The van der Waals surface area contributed by atoms with Gasteiger partial charge in [0.2, 0.25) is 0 Å². The van der Waals surface area contributed by atoms with Gasteiger partial charge in [-0.2, -0.15) is 0 Å². The molecule has 0 spiro atoms. The second-order valence-electron chi connectivity index (χ2n) is 4.18. The highest BCUT2D eigenvalue weighted by Crippen LogP contribution is 2.26. The van der Waals surface area contributed by atoms with Crippen molar-refractivity contribution in [2.75, 3.05) is 7.11 Å². The van der Waals surface area contributed by atoms with Crippen LogP contribution in [0.1, 0.15) is 32.3 Å². The first kappa shape index (κ1) is 13.6. The highest BCUT2D eigenvalue weighted by atomic mass is 16.6. The van der Waals surface area contributed by atoms with E-state index in [0.29, 0.717) is 6.42 Å². The Hall–Kier alpha value is -1.51. The molecule has 1 aromatic carbocycles. The first-order chi connectivity index (χ1) is 7.99. The molecule has 0 aliphatic heterocycles. The van der Waals surface area contributed by atoms with E-state index in [4.69, 9.17) is 9.47 Å². The molecule has 1 radical (unpaired) electrons. The van der Waals surface area contributed by atoms with Crippen molar-refractivity contribution in [2.24, 2.45) is 0 Å². The molecule has 1 atom stereocenters. The van der Waals surface area contributed by atoms with Gasteiger partial charge >= 0.3 is 5.97 Å².